The first-order valence-electron chi connectivity index (χ1n) is 10.4. The van der Waals surface area contributed by atoms with Gasteiger partial charge in [0, 0.05) is 22.1 Å². The lowest BCUT2D eigenvalue weighted by molar-refractivity contribution is -0.274. The Bertz CT molecular complexity index is 1400. The molecular weight excluding hydrogens is 423 g/mol. The zero-order chi connectivity index (χ0) is 22.8. The topological polar surface area (TPSA) is 22.1 Å². The minimum absolute atomic E-state index is 0.255. The molecule has 0 atom stereocenters. The normalized spacial score (nSPS) is 11.5. The van der Waals surface area contributed by atoms with E-state index < -0.39 is 6.36 Å². The number of alkyl halides is 3. The van der Waals surface area contributed by atoms with Crippen LogP contribution in [0.3, 0.4) is 0 Å². The molecule has 162 valence electrons. The van der Waals surface area contributed by atoms with Crippen molar-refractivity contribution in [1.82, 2.24) is 4.98 Å². The lowest BCUT2D eigenvalue weighted by Crippen LogP contribution is -2.16. The lowest BCUT2D eigenvalue weighted by Gasteiger charge is -2.19. The summed E-state index contributed by atoms with van der Waals surface area (Å²) in [5.74, 6) is -0.255. The van der Waals surface area contributed by atoms with E-state index in [-0.39, 0.29) is 5.75 Å². The summed E-state index contributed by atoms with van der Waals surface area (Å²) in [6, 6.07) is 33.6. The maximum absolute atomic E-state index is 12.7. The first-order chi connectivity index (χ1) is 16.0. The van der Waals surface area contributed by atoms with Gasteiger partial charge in [-0.2, -0.15) is 0 Å². The molecule has 5 heteroatoms. The van der Waals surface area contributed by atoms with Crippen LogP contribution >= 0.6 is 0 Å². The fourth-order valence-corrected chi connectivity index (χ4v) is 4.03. The van der Waals surface area contributed by atoms with Gasteiger partial charge >= 0.3 is 6.36 Å². The van der Waals surface area contributed by atoms with Gasteiger partial charge in [0.25, 0.3) is 0 Å². The van der Waals surface area contributed by atoms with Gasteiger partial charge in [0.1, 0.15) is 5.75 Å². The van der Waals surface area contributed by atoms with Crippen molar-refractivity contribution in [2.75, 3.05) is 0 Å². The monoisotopic (exact) mass is 441 g/mol. The van der Waals surface area contributed by atoms with E-state index in [0.717, 1.165) is 44.4 Å². The smallest absolute Gasteiger partial charge is 0.406 e. The molecule has 0 radical (unpaired) electrons. The molecule has 0 bridgehead atoms. The van der Waals surface area contributed by atoms with E-state index in [2.05, 4.69) is 4.74 Å². The second-order valence-corrected chi connectivity index (χ2v) is 7.53. The first kappa shape index (κ1) is 20.8. The van der Waals surface area contributed by atoms with Crippen molar-refractivity contribution in [2.45, 2.75) is 6.36 Å². The second kappa shape index (κ2) is 8.43. The van der Waals surface area contributed by atoms with Crippen LogP contribution in [0.2, 0.25) is 0 Å². The van der Waals surface area contributed by atoms with E-state index >= 15 is 0 Å². The van der Waals surface area contributed by atoms with Gasteiger partial charge in [-0.05, 0) is 29.3 Å². The summed E-state index contributed by atoms with van der Waals surface area (Å²) >= 11 is 0. The van der Waals surface area contributed by atoms with Crippen molar-refractivity contribution < 1.29 is 17.9 Å². The number of benzene rings is 4. The van der Waals surface area contributed by atoms with Gasteiger partial charge < -0.3 is 4.74 Å². The number of hydrogen-bond acceptors (Lipinski definition) is 2. The highest BCUT2D eigenvalue weighted by atomic mass is 19.4. The first-order valence-corrected chi connectivity index (χ1v) is 10.4. The Kier molecular flexibility index (Phi) is 5.31. The average molecular weight is 441 g/mol. The van der Waals surface area contributed by atoms with E-state index in [4.69, 9.17) is 4.98 Å². The van der Waals surface area contributed by atoms with Gasteiger partial charge in [0.05, 0.1) is 11.2 Å². The van der Waals surface area contributed by atoms with Crippen LogP contribution in [0, 0.1) is 0 Å². The number of nitrogens with zero attached hydrogens (tertiary/aromatic N) is 1. The van der Waals surface area contributed by atoms with Crippen LogP contribution in [-0.4, -0.2) is 11.3 Å². The largest absolute Gasteiger partial charge is 0.573 e. The molecule has 0 fully saturated rings. The third-order valence-corrected chi connectivity index (χ3v) is 5.38. The Morgan fingerprint density at radius 3 is 1.73 bits per heavy atom. The number of halogens is 3. The van der Waals surface area contributed by atoms with Crippen molar-refractivity contribution in [2.24, 2.45) is 0 Å². The van der Waals surface area contributed by atoms with E-state index in [1.807, 2.05) is 84.9 Å². The van der Waals surface area contributed by atoms with Crippen LogP contribution in [0.25, 0.3) is 44.4 Å². The standard InChI is InChI=1S/C28H18F3NO/c29-28(30,31)33-22-17-15-20(16-18-22)25-23-13-7-8-14-24(23)32-27(21-11-5-2-6-12-21)26(25)19-9-3-1-4-10-19/h1-18H. The molecule has 0 aliphatic carbocycles. The zero-order valence-corrected chi connectivity index (χ0v) is 17.4. The van der Waals surface area contributed by atoms with Crippen LogP contribution in [0.15, 0.2) is 109 Å². The highest BCUT2D eigenvalue weighted by Crippen LogP contribution is 2.43. The van der Waals surface area contributed by atoms with E-state index in [0.29, 0.717) is 0 Å². The molecule has 0 saturated heterocycles. The number of aromatic nitrogens is 1. The molecule has 0 aliphatic rings. The van der Waals surface area contributed by atoms with Gasteiger partial charge in [0.15, 0.2) is 0 Å². The van der Waals surface area contributed by atoms with Gasteiger partial charge in [-0.25, -0.2) is 4.98 Å². The molecule has 0 aliphatic heterocycles. The Morgan fingerprint density at radius 1 is 0.545 bits per heavy atom. The fraction of sp³-hybridized carbons (Fsp3) is 0.0357. The van der Waals surface area contributed by atoms with Crippen LogP contribution in [0.1, 0.15) is 0 Å². The quantitative estimate of drug-likeness (QED) is 0.281. The van der Waals surface area contributed by atoms with Gasteiger partial charge in [-0.15, -0.1) is 13.2 Å². The minimum Gasteiger partial charge on any atom is -0.406 e. The molecular formula is C28H18F3NO. The van der Waals surface area contributed by atoms with E-state index in [9.17, 15) is 13.2 Å². The van der Waals surface area contributed by atoms with Crippen molar-refractivity contribution in [1.29, 1.82) is 0 Å². The molecule has 0 amide bonds. The summed E-state index contributed by atoms with van der Waals surface area (Å²) in [5.41, 5.74) is 6.15. The molecule has 1 heterocycles. The number of pyridine rings is 1. The summed E-state index contributed by atoms with van der Waals surface area (Å²) in [6.07, 6.45) is -4.74. The average Bonchev–Trinajstić information content (AvgIpc) is 2.83. The molecule has 0 saturated carbocycles. The lowest BCUT2D eigenvalue weighted by atomic mass is 9.88. The summed E-state index contributed by atoms with van der Waals surface area (Å²) in [5, 5.41) is 0.917. The zero-order valence-electron chi connectivity index (χ0n) is 17.4. The molecule has 0 spiro atoms. The molecule has 0 unspecified atom stereocenters. The van der Waals surface area contributed by atoms with Gasteiger partial charge in [0.2, 0.25) is 0 Å². The van der Waals surface area contributed by atoms with Crippen LogP contribution in [-0.2, 0) is 0 Å². The van der Waals surface area contributed by atoms with Crippen LogP contribution < -0.4 is 4.74 Å². The fourth-order valence-electron chi connectivity index (χ4n) is 4.03. The summed E-state index contributed by atoms with van der Waals surface area (Å²) in [6.45, 7) is 0. The number of fused-ring (bicyclic) bond motifs is 1. The predicted molar refractivity (Wildman–Crippen MR) is 125 cm³/mol. The number of ether oxygens (including phenoxy) is 1. The summed E-state index contributed by atoms with van der Waals surface area (Å²) in [4.78, 5) is 5.00. The maximum Gasteiger partial charge on any atom is 0.573 e. The predicted octanol–water partition coefficient (Wildman–Crippen LogP) is 8.13. The number of para-hydroxylation sites is 1. The highest BCUT2D eigenvalue weighted by Gasteiger charge is 2.31. The molecule has 5 aromatic rings. The molecule has 1 aromatic heterocycles. The van der Waals surface area contributed by atoms with Crippen molar-refractivity contribution >= 4 is 10.9 Å². The van der Waals surface area contributed by atoms with Gasteiger partial charge in [-0.1, -0.05) is 91.0 Å². The van der Waals surface area contributed by atoms with Crippen molar-refractivity contribution in [3.8, 4) is 39.3 Å². The highest BCUT2D eigenvalue weighted by molar-refractivity contribution is 6.07. The van der Waals surface area contributed by atoms with Crippen molar-refractivity contribution in [3.05, 3.63) is 109 Å². The van der Waals surface area contributed by atoms with E-state index in [1.165, 1.54) is 12.1 Å². The van der Waals surface area contributed by atoms with Crippen LogP contribution in [0.5, 0.6) is 5.75 Å². The Balaban J connectivity index is 1.82. The Hall–Kier alpha value is -4.12. The minimum atomic E-state index is -4.74. The molecule has 33 heavy (non-hydrogen) atoms. The van der Waals surface area contributed by atoms with Crippen molar-refractivity contribution in [3.63, 3.8) is 0 Å². The van der Waals surface area contributed by atoms with Crippen LogP contribution in [0.4, 0.5) is 13.2 Å². The molecule has 4 aromatic carbocycles. The number of rotatable bonds is 4. The molecule has 5 rings (SSSR count). The second-order valence-electron chi connectivity index (χ2n) is 7.53. The maximum atomic E-state index is 12.7. The van der Waals surface area contributed by atoms with E-state index in [1.54, 1.807) is 12.1 Å². The Labute approximate surface area is 188 Å². The van der Waals surface area contributed by atoms with Gasteiger partial charge in [-0.3, -0.25) is 0 Å². The SMILES string of the molecule is FC(F)(F)Oc1ccc(-c2c(-c3ccccc3)c(-c3ccccc3)nc3ccccc23)cc1. The summed E-state index contributed by atoms with van der Waals surface area (Å²) in [7, 11) is 0. The Morgan fingerprint density at radius 2 is 1.09 bits per heavy atom. The third-order valence-electron chi connectivity index (χ3n) is 5.38. The molecule has 2 nitrogen and oxygen atoms in total. The molecule has 0 N–H and O–H groups in total. The number of hydrogen-bond donors (Lipinski definition) is 0. The summed E-state index contributed by atoms with van der Waals surface area (Å²) < 4.78 is 42.1. The third kappa shape index (κ3) is 4.30.